The molecule has 0 aromatic carbocycles. The van der Waals surface area contributed by atoms with Gasteiger partial charge in [-0.2, -0.15) is 0 Å². The molecule has 0 aromatic rings. The lowest BCUT2D eigenvalue weighted by Crippen LogP contribution is -2.50. The molecule has 3 N–H and O–H groups in total. The van der Waals surface area contributed by atoms with Crippen LogP contribution in [0.15, 0.2) is 4.99 Å². The minimum absolute atomic E-state index is 0. The summed E-state index contributed by atoms with van der Waals surface area (Å²) in [4.78, 5) is 7.30. The quantitative estimate of drug-likeness (QED) is 0.253. The van der Waals surface area contributed by atoms with Crippen molar-refractivity contribution < 1.29 is 9.84 Å². The van der Waals surface area contributed by atoms with Crippen LogP contribution >= 0.6 is 24.0 Å². The third-order valence-corrected chi connectivity index (χ3v) is 5.05. The van der Waals surface area contributed by atoms with Crippen LogP contribution in [0.4, 0.5) is 0 Å². The molecule has 0 spiro atoms. The van der Waals surface area contributed by atoms with Crippen molar-refractivity contribution in [2.24, 2.45) is 10.9 Å². The van der Waals surface area contributed by atoms with Gasteiger partial charge in [0, 0.05) is 25.2 Å². The average molecular weight is 482 g/mol. The van der Waals surface area contributed by atoms with E-state index in [1.54, 1.807) is 0 Å². The first kappa shape index (κ1) is 23.9. The van der Waals surface area contributed by atoms with Crippen molar-refractivity contribution in [1.29, 1.82) is 0 Å². The fourth-order valence-electron chi connectivity index (χ4n) is 3.14. The largest absolute Gasteiger partial charge is 0.389 e. The number of nitrogens with one attached hydrogen (secondary N) is 2. The first-order valence-electron chi connectivity index (χ1n) is 10.0. The van der Waals surface area contributed by atoms with E-state index in [-0.39, 0.29) is 29.5 Å². The Labute approximate surface area is 176 Å². The lowest BCUT2D eigenvalue weighted by atomic mass is 9.99. The lowest BCUT2D eigenvalue weighted by molar-refractivity contribution is 0.0345. The summed E-state index contributed by atoms with van der Waals surface area (Å²) in [6, 6.07) is 0. The maximum absolute atomic E-state index is 10.1. The van der Waals surface area contributed by atoms with Gasteiger partial charge in [0.25, 0.3) is 0 Å². The van der Waals surface area contributed by atoms with E-state index in [2.05, 4.69) is 36.3 Å². The van der Waals surface area contributed by atoms with E-state index >= 15 is 0 Å². The van der Waals surface area contributed by atoms with Crippen LogP contribution in [0.2, 0.25) is 0 Å². The van der Waals surface area contributed by atoms with Crippen LogP contribution in [-0.2, 0) is 4.74 Å². The number of hydrogen-bond donors (Lipinski definition) is 3. The van der Waals surface area contributed by atoms with Gasteiger partial charge >= 0.3 is 0 Å². The molecule has 1 saturated carbocycles. The normalized spacial score (nSPS) is 20.4. The van der Waals surface area contributed by atoms with Gasteiger partial charge in [-0.05, 0) is 65.5 Å². The van der Waals surface area contributed by atoms with E-state index < -0.39 is 6.10 Å². The molecule has 1 aliphatic carbocycles. The van der Waals surface area contributed by atoms with Crippen molar-refractivity contribution >= 4 is 29.9 Å². The van der Waals surface area contributed by atoms with E-state index in [0.29, 0.717) is 13.2 Å². The number of piperidine rings is 1. The number of aliphatic hydroxyl groups excluding tert-OH is 1. The Morgan fingerprint density at radius 3 is 2.54 bits per heavy atom. The first-order chi connectivity index (χ1) is 12.0. The Balaban J connectivity index is 0.00000338. The molecule has 2 aliphatic rings. The van der Waals surface area contributed by atoms with Crippen molar-refractivity contribution in [2.45, 2.75) is 64.5 Å². The summed E-state index contributed by atoms with van der Waals surface area (Å²) in [5, 5.41) is 16.6. The molecule has 154 valence electrons. The van der Waals surface area contributed by atoms with Crippen molar-refractivity contribution in [3.8, 4) is 0 Å². The van der Waals surface area contributed by atoms with Gasteiger partial charge in [0.2, 0.25) is 0 Å². The second kappa shape index (κ2) is 12.4. The van der Waals surface area contributed by atoms with E-state index in [1.165, 1.54) is 45.2 Å². The van der Waals surface area contributed by atoms with Gasteiger partial charge in [-0.15, -0.1) is 24.0 Å². The van der Waals surface area contributed by atoms with Crippen LogP contribution in [0.3, 0.4) is 0 Å². The number of aliphatic imine (C=N–C) groups is 1. The molecule has 0 radical (unpaired) electrons. The number of aliphatic hydroxyl groups is 1. The molecule has 0 bridgehead atoms. The topological polar surface area (TPSA) is 69.1 Å². The third kappa shape index (κ3) is 9.19. The monoisotopic (exact) mass is 482 g/mol. The molecule has 1 heterocycles. The SMILES string of the molecule is CCNC(=NCC(C)(C)N1CCCCC1)NCC(O)COCC1CC1.I. The number of guanidine groups is 1. The van der Waals surface area contributed by atoms with Gasteiger partial charge in [0.1, 0.15) is 0 Å². The maximum Gasteiger partial charge on any atom is 0.191 e. The highest BCUT2D eigenvalue weighted by molar-refractivity contribution is 14.0. The average Bonchev–Trinajstić information content (AvgIpc) is 3.42. The summed E-state index contributed by atoms with van der Waals surface area (Å²) in [6.45, 7) is 12.1. The van der Waals surface area contributed by atoms with Crippen LogP contribution in [0.5, 0.6) is 0 Å². The Morgan fingerprint density at radius 1 is 1.23 bits per heavy atom. The first-order valence-corrected chi connectivity index (χ1v) is 10.0. The number of hydrogen-bond acceptors (Lipinski definition) is 4. The minimum atomic E-state index is -0.502. The Hall–Kier alpha value is -0.120. The summed E-state index contributed by atoms with van der Waals surface area (Å²) < 4.78 is 5.55. The van der Waals surface area contributed by atoms with Gasteiger partial charge in [-0.3, -0.25) is 9.89 Å². The Morgan fingerprint density at radius 2 is 1.92 bits per heavy atom. The number of halogens is 1. The summed E-state index contributed by atoms with van der Waals surface area (Å²) in [6.07, 6.45) is 5.98. The number of likely N-dealkylation sites (tertiary alicyclic amines) is 1. The fraction of sp³-hybridized carbons (Fsp3) is 0.947. The highest BCUT2D eigenvalue weighted by atomic mass is 127. The Kier molecular flexibility index (Phi) is 11.4. The van der Waals surface area contributed by atoms with Gasteiger partial charge in [0.05, 0.1) is 19.3 Å². The molecule has 2 fully saturated rings. The van der Waals surface area contributed by atoms with Crippen molar-refractivity contribution in [3.05, 3.63) is 0 Å². The molecule has 7 heteroatoms. The molecular formula is C19H39IN4O2. The Bertz CT molecular complexity index is 410. The predicted molar refractivity (Wildman–Crippen MR) is 118 cm³/mol. The second-order valence-corrected chi connectivity index (χ2v) is 8.07. The smallest absolute Gasteiger partial charge is 0.191 e. The number of nitrogens with zero attached hydrogens (tertiary/aromatic N) is 2. The molecular weight excluding hydrogens is 443 g/mol. The van der Waals surface area contributed by atoms with Crippen molar-refractivity contribution in [3.63, 3.8) is 0 Å². The summed E-state index contributed by atoms with van der Waals surface area (Å²) in [7, 11) is 0. The van der Waals surface area contributed by atoms with Crippen LogP contribution in [0.1, 0.15) is 52.9 Å². The highest BCUT2D eigenvalue weighted by Gasteiger charge is 2.27. The van der Waals surface area contributed by atoms with Crippen LogP contribution in [-0.4, -0.2) is 73.5 Å². The molecule has 0 aromatic heterocycles. The molecule has 26 heavy (non-hydrogen) atoms. The molecule has 1 unspecified atom stereocenters. The molecule has 1 atom stereocenters. The van der Waals surface area contributed by atoms with Crippen LogP contribution in [0.25, 0.3) is 0 Å². The van der Waals surface area contributed by atoms with Gasteiger partial charge in [-0.25, -0.2) is 0 Å². The minimum Gasteiger partial charge on any atom is -0.389 e. The van der Waals surface area contributed by atoms with Gasteiger partial charge in [0.15, 0.2) is 5.96 Å². The summed E-state index contributed by atoms with van der Waals surface area (Å²) in [5.41, 5.74) is 0.0642. The summed E-state index contributed by atoms with van der Waals surface area (Å²) >= 11 is 0. The maximum atomic E-state index is 10.1. The van der Waals surface area contributed by atoms with E-state index in [4.69, 9.17) is 9.73 Å². The third-order valence-electron chi connectivity index (χ3n) is 5.05. The van der Waals surface area contributed by atoms with Crippen LogP contribution in [0, 0.1) is 5.92 Å². The zero-order valence-electron chi connectivity index (χ0n) is 16.8. The second-order valence-electron chi connectivity index (χ2n) is 8.07. The standard InChI is InChI=1S/C19H38N4O2.HI/c1-4-20-18(21-12-17(24)14-25-13-16-8-9-16)22-15-19(2,3)23-10-6-5-7-11-23;/h16-17,24H,4-15H2,1-3H3,(H2,20,21,22);1H. The summed E-state index contributed by atoms with van der Waals surface area (Å²) in [5.74, 6) is 1.50. The molecule has 1 saturated heterocycles. The lowest BCUT2D eigenvalue weighted by Gasteiger charge is -2.40. The number of ether oxygens (including phenoxy) is 1. The van der Waals surface area contributed by atoms with Gasteiger partial charge in [-0.1, -0.05) is 6.42 Å². The van der Waals surface area contributed by atoms with E-state index in [9.17, 15) is 5.11 Å². The zero-order valence-corrected chi connectivity index (χ0v) is 19.1. The predicted octanol–water partition coefficient (Wildman–Crippen LogP) is 2.21. The highest BCUT2D eigenvalue weighted by Crippen LogP contribution is 2.28. The number of rotatable bonds is 10. The fourth-order valence-corrected chi connectivity index (χ4v) is 3.14. The van der Waals surface area contributed by atoms with Crippen molar-refractivity contribution in [1.82, 2.24) is 15.5 Å². The molecule has 6 nitrogen and oxygen atoms in total. The van der Waals surface area contributed by atoms with E-state index in [1.807, 2.05) is 0 Å². The van der Waals surface area contributed by atoms with E-state index in [0.717, 1.165) is 31.6 Å². The van der Waals surface area contributed by atoms with Crippen LogP contribution < -0.4 is 10.6 Å². The molecule has 2 rings (SSSR count). The van der Waals surface area contributed by atoms with Crippen molar-refractivity contribution in [2.75, 3.05) is 45.9 Å². The molecule has 1 aliphatic heterocycles. The van der Waals surface area contributed by atoms with Gasteiger partial charge < -0.3 is 20.5 Å². The molecule has 0 amide bonds. The zero-order chi connectivity index (χ0) is 18.1.